The molecule has 4 aromatic rings. The Hall–Kier alpha value is -3.40. The number of hydrogen-bond donors (Lipinski definition) is 0. The minimum absolute atomic E-state index is 0.257. The Bertz CT molecular complexity index is 1530. The summed E-state index contributed by atoms with van der Waals surface area (Å²) in [6.07, 6.45) is 2.02. The summed E-state index contributed by atoms with van der Waals surface area (Å²) in [5.41, 5.74) is 1.66. The van der Waals surface area contributed by atoms with Crippen LogP contribution in [0.5, 0.6) is 5.75 Å². The molecule has 0 atom stereocenters. The summed E-state index contributed by atoms with van der Waals surface area (Å²) in [6, 6.07) is 17.5. The van der Waals surface area contributed by atoms with Crippen LogP contribution < -0.4 is 15.2 Å². The van der Waals surface area contributed by atoms with E-state index in [-0.39, 0.29) is 11.6 Å². The second-order valence-electron chi connectivity index (χ2n) is 10.8. The Balaban J connectivity index is 1.000. The molecule has 0 radical (unpaired) electrons. The summed E-state index contributed by atoms with van der Waals surface area (Å²) in [6.45, 7) is 8.78. The number of rotatable bonds is 7. The lowest BCUT2D eigenvalue weighted by atomic mass is 10.2. The first-order valence-electron chi connectivity index (χ1n) is 14.3. The Morgan fingerprint density at radius 3 is 2.52 bits per heavy atom. The van der Waals surface area contributed by atoms with Crippen LogP contribution in [0.4, 0.5) is 10.5 Å². The molecule has 2 aromatic carbocycles. The van der Waals surface area contributed by atoms with Gasteiger partial charge in [0.2, 0.25) is 0 Å². The molecule has 8 nitrogen and oxygen atoms in total. The van der Waals surface area contributed by atoms with Crippen molar-refractivity contribution in [2.75, 3.05) is 77.5 Å². The van der Waals surface area contributed by atoms with Gasteiger partial charge in [-0.15, -0.1) is 11.3 Å². The molecule has 2 aliphatic rings. The number of nitrogens with zero attached hydrogens (tertiary/aromatic N) is 5. The summed E-state index contributed by atoms with van der Waals surface area (Å²) >= 11 is 1.81. The van der Waals surface area contributed by atoms with Crippen molar-refractivity contribution in [3.05, 3.63) is 70.3 Å². The van der Waals surface area contributed by atoms with Gasteiger partial charge < -0.3 is 19.4 Å². The largest absolute Gasteiger partial charge is 0.494 e. The average molecular weight is 560 g/mol. The normalized spacial score (nSPS) is 17.1. The van der Waals surface area contributed by atoms with E-state index < -0.39 is 0 Å². The van der Waals surface area contributed by atoms with Gasteiger partial charge in [0.25, 0.3) is 5.56 Å². The molecule has 2 saturated heterocycles. The zero-order valence-electron chi connectivity index (χ0n) is 23.1. The molecular weight excluding hydrogens is 522 g/mol. The zero-order chi connectivity index (χ0) is 27.5. The molecule has 2 aromatic heterocycles. The lowest BCUT2D eigenvalue weighted by molar-refractivity contribution is 0.155. The highest BCUT2D eigenvalue weighted by Crippen LogP contribution is 2.31. The van der Waals surface area contributed by atoms with Crippen molar-refractivity contribution in [3.63, 3.8) is 0 Å². The molecule has 9 heteroatoms. The van der Waals surface area contributed by atoms with Crippen molar-refractivity contribution >= 4 is 44.0 Å². The fourth-order valence-electron chi connectivity index (χ4n) is 5.73. The van der Waals surface area contributed by atoms with Crippen LogP contribution in [0.15, 0.2) is 64.8 Å². The topological polar surface area (TPSA) is 61.3 Å². The van der Waals surface area contributed by atoms with Crippen LogP contribution in [0.3, 0.4) is 0 Å². The second kappa shape index (κ2) is 12.0. The van der Waals surface area contributed by atoms with Gasteiger partial charge in [-0.1, -0.05) is 6.07 Å². The summed E-state index contributed by atoms with van der Waals surface area (Å²) < 4.78 is 8.73. The van der Waals surface area contributed by atoms with E-state index in [1.54, 1.807) is 22.3 Å². The first kappa shape index (κ1) is 26.8. The standard InChI is InChI=1S/C31H37N5O3S/c1-32-13-17-35(18-14-32)31(38)36-28-23-25(9-7-24(28)8-10-30(36)37)39-21-3-2-12-33-15-19-34(20-16-33)27-5-4-6-29-26(27)11-22-40-29/h4-11,22-23H,2-3,12-21H2,1H3. The Labute approximate surface area is 238 Å². The smallest absolute Gasteiger partial charge is 0.331 e. The van der Waals surface area contributed by atoms with Crippen molar-refractivity contribution in [1.82, 2.24) is 19.3 Å². The van der Waals surface area contributed by atoms with Gasteiger partial charge in [0.15, 0.2) is 0 Å². The molecule has 0 bridgehead atoms. The maximum atomic E-state index is 13.3. The number of unbranched alkanes of at least 4 members (excludes halogenated alkanes) is 1. The number of carbonyl (C=O) groups excluding carboxylic acids is 1. The molecule has 40 heavy (non-hydrogen) atoms. The molecule has 0 aliphatic carbocycles. The summed E-state index contributed by atoms with van der Waals surface area (Å²) in [7, 11) is 2.04. The van der Waals surface area contributed by atoms with Crippen molar-refractivity contribution in [2.45, 2.75) is 12.8 Å². The summed E-state index contributed by atoms with van der Waals surface area (Å²) in [4.78, 5) is 35.0. The molecule has 0 spiro atoms. The minimum atomic E-state index is -0.305. The van der Waals surface area contributed by atoms with Gasteiger partial charge in [-0.05, 0) is 73.6 Å². The predicted octanol–water partition coefficient (Wildman–Crippen LogP) is 4.41. The fraction of sp³-hybridized carbons (Fsp3) is 0.419. The predicted molar refractivity (Wildman–Crippen MR) is 163 cm³/mol. The van der Waals surface area contributed by atoms with Gasteiger partial charge in [-0.25, -0.2) is 9.36 Å². The van der Waals surface area contributed by atoms with Gasteiger partial charge in [-0.3, -0.25) is 9.69 Å². The number of hydrogen-bond acceptors (Lipinski definition) is 7. The van der Waals surface area contributed by atoms with E-state index in [1.807, 2.05) is 25.2 Å². The van der Waals surface area contributed by atoms with Crippen LogP contribution in [0.2, 0.25) is 0 Å². The Morgan fingerprint density at radius 1 is 0.900 bits per heavy atom. The number of anilines is 1. The third-order valence-corrected chi connectivity index (χ3v) is 9.04. The summed E-state index contributed by atoms with van der Waals surface area (Å²) in [5, 5.41) is 4.40. The average Bonchev–Trinajstić information content (AvgIpc) is 3.47. The number of pyridine rings is 1. The van der Waals surface area contributed by atoms with Gasteiger partial charge in [-0.2, -0.15) is 0 Å². The lowest BCUT2D eigenvalue weighted by Gasteiger charge is -2.36. The number of carbonyl (C=O) groups is 1. The molecule has 6 rings (SSSR count). The Kier molecular flexibility index (Phi) is 8.04. The van der Waals surface area contributed by atoms with Crippen molar-refractivity contribution in [1.29, 1.82) is 0 Å². The molecule has 2 fully saturated rings. The van der Waals surface area contributed by atoms with Crippen molar-refractivity contribution in [2.24, 2.45) is 0 Å². The maximum absolute atomic E-state index is 13.3. The molecule has 1 amide bonds. The molecular formula is C31H37N5O3S. The van der Waals surface area contributed by atoms with Gasteiger partial charge in [0.1, 0.15) is 5.75 Å². The highest BCUT2D eigenvalue weighted by atomic mass is 32.1. The maximum Gasteiger partial charge on any atom is 0.331 e. The highest BCUT2D eigenvalue weighted by molar-refractivity contribution is 7.17. The Morgan fingerprint density at radius 2 is 1.70 bits per heavy atom. The number of fused-ring (bicyclic) bond motifs is 2. The van der Waals surface area contributed by atoms with Crippen molar-refractivity contribution < 1.29 is 9.53 Å². The number of likely N-dealkylation sites (N-methyl/N-ethyl adjacent to an activating group) is 1. The van der Waals surface area contributed by atoms with E-state index in [9.17, 15) is 9.59 Å². The fourth-order valence-corrected chi connectivity index (χ4v) is 6.54. The third kappa shape index (κ3) is 5.73. The van der Waals surface area contributed by atoms with Crippen LogP contribution in [0.1, 0.15) is 12.8 Å². The number of amides is 1. The molecule has 210 valence electrons. The lowest BCUT2D eigenvalue weighted by Crippen LogP contribution is -2.50. The first-order chi connectivity index (χ1) is 19.6. The number of aromatic nitrogens is 1. The SMILES string of the molecule is CN1CCN(C(=O)n2c(=O)ccc3ccc(OCCCCN4CCN(c5cccc6sccc56)CC4)cc32)CC1. The molecule has 0 saturated carbocycles. The third-order valence-electron chi connectivity index (χ3n) is 8.16. The van der Waals surface area contributed by atoms with Crippen LogP contribution >= 0.6 is 11.3 Å². The van der Waals surface area contributed by atoms with Gasteiger partial charge >= 0.3 is 6.03 Å². The van der Waals surface area contributed by atoms with Gasteiger partial charge in [0.05, 0.1) is 12.1 Å². The van der Waals surface area contributed by atoms with E-state index in [4.69, 9.17) is 4.74 Å². The molecule has 2 aliphatic heterocycles. The van der Waals surface area contributed by atoms with E-state index in [1.165, 1.54) is 26.4 Å². The van der Waals surface area contributed by atoms with Gasteiger partial charge in [0, 0.05) is 80.3 Å². The zero-order valence-corrected chi connectivity index (χ0v) is 23.9. The molecule has 4 heterocycles. The number of thiophene rings is 1. The van der Waals surface area contributed by atoms with Crippen LogP contribution in [-0.4, -0.2) is 97.9 Å². The quantitative estimate of drug-likeness (QED) is 0.313. The number of ether oxygens (including phenoxy) is 1. The minimum Gasteiger partial charge on any atom is -0.494 e. The first-order valence-corrected chi connectivity index (χ1v) is 15.1. The van der Waals surface area contributed by atoms with E-state index in [2.05, 4.69) is 44.3 Å². The molecule has 0 N–H and O–H groups in total. The number of piperazine rings is 2. The number of benzene rings is 2. The highest BCUT2D eigenvalue weighted by Gasteiger charge is 2.23. The monoisotopic (exact) mass is 559 g/mol. The van der Waals surface area contributed by atoms with Crippen LogP contribution in [0.25, 0.3) is 21.0 Å². The second-order valence-corrected chi connectivity index (χ2v) is 11.7. The molecule has 0 unspecified atom stereocenters. The van der Waals surface area contributed by atoms with E-state index >= 15 is 0 Å². The van der Waals surface area contributed by atoms with Crippen molar-refractivity contribution in [3.8, 4) is 5.75 Å². The van der Waals surface area contributed by atoms with E-state index in [0.29, 0.717) is 31.0 Å². The van der Waals surface area contributed by atoms with Crippen LogP contribution in [-0.2, 0) is 0 Å². The van der Waals surface area contributed by atoms with E-state index in [0.717, 1.165) is 64.0 Å². The van der Waals surface area contributed by atoms with Crippen LogP contribution in [0, 0.1) is 0 Å². The summed E-state index contributed by atoms with van der Waals surface area (Å²) in [5.74, 6) is 0.689.